The van der Waals surface area contributed by atoms with Crippen molar-refractivity contribution < 1.29 is 18.7 Å². The summed E-state index contributed by atoms with van der Waals surface area (Å²) in [5, 5.41) is 12.3. The van der Waals surface area contributed by atoms with Crippen LogP contribution in [0.4, 0.5) is 14.6 Å². The molecule has 4 rings (SSSR count). The van der Waals surface area contributed by atoms with Gasteiger partial charge < -0.3 is 16.2 Å². The maximum Gasteiger partial charge on any atom is 0.250 e. The van der Waals surface area contributed by atoms with E-state index in [0.717, 1.165) is 12.1 Å². The van der Waals surface area contributed by atoms with E-state index in [9.17, 15) is 13.6 Å². The van der Waals surface area contributed by atoms with Crippen molar-refractivity contribution in [2.45, 2.75) is 12.8 Å². The number of nitrogens with two attached hydrogens (primary N) is 1. The molecule has 0 radical (unpaired) electrons. The fraction of sp³-hybridized carbons (Fsp3) is 0.190. The summed E-state index contributed by atoms with van der Waals surface area (Å²) in [6.45, 7) is 0.585. The highest BCUT2D eigenvalue weighted by Gasteiger charge is 2.18. The summed E-state index contributed by atoms with van der Waals surface area (Å²) >= 11 is 6.20. The molecule has 31 heavy (non-hydrogen) atoms. The number of aliphatic hydroxyl groups excluding tert-OH is 1. The van der Waals surface area contributed by atoms with Gasteiger partial charge in [-0.15, -0.1) is 0 Å². The van der Waals surface area contributed by atoms with E-state index in [0.29, 0.717) is 47.6 Å². The van der Waals surface area contributed by atoms with Crippen LogP contribution in [0.2, 0.25) is 5.02 Å². The van der Waals surface area contributed by atoms with Crippen LogP contribution in [0.25, 0.3) is 27.9 Å². The average Bonchev–Trinajstić information content (AvgIpc) is 3.18. The topological polar surface area (TPSA) is 106 Å². The van der Waals surface area contributed by atoms with Gasteiger partial charge in [0.05, 0.1) is 33.5 Å². The molecular weight excluding hydrogens is 428 g/mol. The molecule has 2 heterocycles. The largest absolute Gasteiger partial charge is 0.396 e. The number of fused-ring (bicyclic) bond motifs is 3. The van der Waals surface area contributed by atoms with Crippen LogP contribution < -0.4 is 11.1 Å². The lowest BCUT2D eigenvalue weighted by Gasteiger charge is -2.12. The monoisotopic (exact) mass is 445 g/mol. The molecule has 0 saturated heterocycles. The minimum absolute atomic E-state index is 0.0717. The number of aromatic nitrogens is 3. The number of carbonyl (C=O) groups excluding carboxylic acids is 1. The quantitative estimate of drug-likeness (QED) is 0.375. The number of carbonyl (C=O) groups is 1. The van der Waals surface area contributed by atoms with E-state index in [1.165, 1.54) is 6.07 Å². The molecule has 0 spiro atoms. The van der Waals surface area contributed by atoms with Crippen LogP contribution in [-0.2, 0) is 0 Å². The van der Waals surface area contributed by atoms with E-state index < -0.39 is 17.5 Å². The first-order valence-corrected chi connectivity index (χ1v) is 9.89. The maximum absolute atomic E-state index is 14.1. The van der Waals surface area contributed by atoms with Gasteiger partial charge in [0.2, 0.25) is 5.91 Å². The Labute approximate surface area is 180 Å². The van der Waals surface area contributed by atoms with Gasteiger partial charge in [0.1, 0.15) is 0 Å². The predicted octanol–water partition coefficient (Wildman–Crippen LogP) is 3.76. The fourth-order valence-electron chi connectivity index (χ4n) is 3.37. The zero-order valence-corrected chi connectivity index (χ0v) is 17.0. The van der Waals surface area contributed by atoms with Gasteiger partial charge in [-0.1, -0.05) is 17.7 Å². The number of nitrogens with one attached hydrogen (secondary N) is 1. The molecule has 0 fully saturated rings. The second-order valence-corrected chi connectivity index (χ2v) is 7.34. The van der Waals surface area contributed by atoms with Crippen molar-refractivity contribution in [1.82, 2.24) is 14.4 Å². The molecule has 0 aliphatic carbocycles. The summed E-state index contributed by atoms with van der Waals surface area (Å²) in [5.74, 6) is -2.29. The molecule has 4 aromatic rings. The number of unbranched alkanes of at least 4 members (excludes halogenated alkanes) is 1. The first kappa shape index (κ1) is 21.0. The third-order valence-corrected chi connectivity index (χ3v) is 5.18. The molecule has 10 heteroatoms. The Morgan fingerprint density at radius 3 is 2.68 bits per heavy atom. The molecule has 1 amide bonds. The highest BCUT2D eigenvalue weighted by molar-refractivity contribution is 6.34. The molecule has 0 aliphatic heterocycles. The molecule has 0 saturated carbocycles. The van der Waals surface area contributed by atoms with E-state index in [4.69, 9.17) is 22.4 Å². The van der Waals surface area contributed by atoms with Gasteiger partial charge in [-0.2, -0.15) is 0 Å². The molecule has 160 valence electrons. The first-order chi connectivity index (χ1) is 14.9. The fourth-order valence-corrected chi connectivity index (χ4v) is 3.64. The second kappa shape index (κ2) is 8.44. The summed E-state index contributed by atoms with van der Waals surface area (Å²) in [5.41, 5.74) is 7.60. The molecule has 2 aromatic heterocycles. The van der Waals surface area contributed by atoms with Crippen molar-refractivity contribution in [3.05, 3.63) is 58.7 Å². The number of aliphatic hydroxyl groups is 1. The third kappa shape index (κ3) is 3.89. The Morgan fingerprint density at radius 2 is 1.97 bits per heavy atom. The third-order valence-electron chi connectivity index (χ3n) is 4.87. The lowest BCUT2D eigenvalue weighted by Crippen LogP contribution is -2.11. The van der Waals surface area contributed by atoms with Gasteiger partial charge in [-0.25, -0.2) is 18.7 Å². The van der Waals surface area contributed by atoms with E-state index in [2.05, 4.69) is 15.3 Å². The van der Waals surface area contributed by atoms with Crippen molar-refractivity contribution in [2.24, 2.45) is 5.73 Å². The summed E-state index contributed by atoms with van der Waals surface area (Å²) in [4.78, 5) is 20.3. The Hall–Kier alpha value is -3.30. The number of imidazole rings is 1. The van der Waals surface area contributed by atoms with Crippen LogP contribution in [0, 0.1) is 11.6 Å². The molecule has 0 atom stereocenters. The SMILES string of the molecule is NC(=O)c1ccc(-c2cnc3c(NCCCCO)nc4cc(F)c(F)cc4n23)cc1Cl. The highest BCUT2D eigenvalue weighted by Crippen LogP contribution is 2.31. The maximum atomic E-state index is 14.1. The number of hydrogen-bond acceptors (Lipinski definition) is 5. The summed E-state index contributed by atoms with van der Waals surface area (Å²) < 4.78 is 29.6. The number of anilines is 1. The zero-order valence-electron chi connectivity index (χ0n) is 16.2. The lowest BCUT2D eigenvalue weighted by atomic mass is 10.1. The van der Waals surface area contributed by atoms with Crippen molar-refractivity contribution in [3.8, 4) is 11.3 Å². The van der Waals surface area contributed by atoms with E-state index in [-0.39, 0.29) is 22.7 Å². The Balaban J connectivity index is 1.93. The second-order valence-electron chi connectivity index (χ2n) is 6.93. The van der Waals surface area contributed by atoms with E-state index in [1.54, 1.807) is 22.7 Å². The van der Waals surface area contributed by atoms with Gasteiger partial charge in [-0.05, 0) is 25.0 Å². The molecular formula is C21H18ClF2N5O2. The van der Waals surface area contributed by atoms with E-state index in [1.807, 2.05) is 0 Å². The van der Waals surface area contributed by atoms with Crippen LogP contribution >= 0.6 is 11.6 Å². The van der Waals surface area contributed by atoms with Crippen molar-refractivity contribution >= 4 is 40.0 Å². The van der Waals surface area contributed by atoms with Crippen LogP contribution in [0.1, 0.15) is 23.2 Å². The zero-order chi connectivity index (χ0) is 22.1. The molecule has 4 N–H and O–H groups in total. The van der Waals surface area contributed by atoms with Crippen LogP contribution in [-0.4, -0.2) is 38.5 Å². The van der Waals surface area contributed by atoms with Gasteiger partial charge in [0.15, 0.2) is 23.1 Å². The molecule has 0 unspecified atom stereocenters. The number of halogens is 3. The number of rotatable bonds is 7. The predicted molar refractivity (Wildman–Crippen MR) is 114 cm³/mol. The van der Waals surface area contributed by atoms with Gasteiger partial charge in [0, 0.05) is 30.8 Å². The minimum atomic E-state index is -1.01. The summed E-state index contributed by atoms with van der Waals surface area (Å²) in [6, 6.07) is 6.79. The molecule has 0 bridgehead atoms. The van der Waals surface area contributed by atoms with Crippen molar-refractivity contribution in [2.75, 3.05) is 18.5 Å². The smallest absolute Gasteiger partial charge is 0.250 e. The first-order valence-electron chi connectivity index (χ1n) is 9.51. The van der Waals surface area contributed by atoms with Crippen LogP contribution in [0.15, 0.2) is 36.5 Å². The van der Waals surface area contributed by atoms with Gasteiger partial charge in [-0.3, -0.25) is 9.20 Å². The van der Waals surface area contributed by atoms with Crippen LogP contribution in [0.3, 0.4) is 0 Å². The molecule has 2 aromatic carbocycles. The molecule has 7 nitrogen and oxygen atoms in total. The summed E-state index contributed by atoms with van der Waals surface area (Å²) in [6.07, 6.45) is 2.87. The Kier molecular flexibility index (Phi) is 5.71. The number of nitrogens with zero attached hydrogens (tertiary/aromatic N) is 3. The Morgan fingerprint density at radius 1 is 1.19 bits per heavy atom. The van der Waals surface area contributed by atoms with Gasteiger partial charge >= 0.3 is 0 Å². The van der Waals surface area contributed by atoms with Crippen molar-refractivity contribution in [3.63, 3.8) is 0 Å². The Bertz CT molecular complexity index is 1310. The summed E-state index contributed by atoms with van der Waals surface area (Å²) in [7, 11) is 0. The van der Waals surface area contributed by atoms with E-state index >= 15 is 0 Å². The van der Waals surface area contributed by atoms with Crippen molar-refractivity contribution in [1.29, 1.82) is 0 Å². The average molecular weight is 446 g/mol. The normalized spacial score (nSPS) is 11.4. The number of amides is 1. The van der Waals surface area contributed by atoms with Crippen LogP contribution in [0.5, 0.6) is 0 Å². The van der Waals surface area contributed by atoms with Gasteiger partial charge in [0.25, 0.3) is 0 Å². The number of hydrogen-bond donors (Lipinski definition) is 3. The lowest BCUT2D eigenvalue weighted by molar-refractivity contribution is 0.100. The number of benzene rings is 2. The highest BCUT2D eigenvalue weighted by atomic mass is 35.5. The number of primary amides is 1. The standard InChI is InChI=1S/C21H18ClF2N5O2/c22-13-7-11(3-4-12(13)19(25)31)18-10-27-21-20(26-5-1-2-6-30)28-16-8-14(23)15(24)9-17(16)29(18)21/h3-4,7-10,30H,1-2,5-6H2,(H2,25,31)(H,26,28). The molecule has 0 aliphatic rings. The minimum Gasteiger partial charge on any atom is -0.396 e.